The predicted molar refractivity (Wildman–Crippen MR) is 62.4 cm³/mol. The van der Waals surface area contributed by atoms with Crippen LogP contribution in [-0.2, 0) is 4.74 Å². The number of benzene rings is 1. The van der Waals surface area contributed by atoms with Gasteiger partial charge in [-0.3, -0.25) is 0 Å². The van der Waals surface area contributed by atoms with Crippen molar-refractivity contribution in [2.24, 2.45) is 0 Å². The lowest BCUT2D eigenvalue weighted by Gasteiger charge is -2.01. The monoisotopic (exact) mass is 216 g/mol. The van der Waals surface area contributed by atoms with Gasteiger partial charge in [0.2, 0.25) is 0 Å². The largest absolute Gasteiger partial charge is 0.465 e. The van der Waals surface area contributed by atoms with Crippen LogP contribution in [-0.4, -0.2) is 13.1 Å². The van der Waals surface area contributed by atoms with Gasteiger partial charge in [0.25, 0.3) is 0 Å². The average molecular weight is 216 g/mol. The third-order valence-corrected chi connectivity index (χ3v) is 2.39. The van der Waals surface area contributed by atoms with Gasteiger partial charge in [0.05, 0.1) is 7.11 Å². The smallest absolute Gasteiger partial charge is 0.341 e. The summed E-state index contributed by atoms with van der Waals surface area (Å²) in [5.41, 5.74) is 1.99. The molecular weight excluding hydrogens is 204 g/mol. The van der Waals surface area contributed by atoms with Crippen molar-refractivity contribution in [2.45, 2.75) is 6.92 Å². The zero-order valence-corrected chi connectivity index (χ0v) is 9.24. The van der Waals surface area contributed by atoms with Crippen molar-refractivity contribution < 1.29 is 13.9 Å². The highest BCUT2D eigenvalue weighted by Gasteiger charge is 2.15. The van der Waals surface area contributed by atoms with Crippen molar-refractivity contribution in [3.8, 4) is 0 Å². The fraction of sp³-hybridized carbons (Fsp3) is 0.154. The number of fused-ring (bicyclic) bond motifs is 1. The van der Waals surface area contributed by atoms with Crippen molar-refractivity contribution in [2.75, 3.05) is 7.11 Å². The molecule has 0 saturated carbocycles. The van der Waals surface area contributed by atoms with E-state index in [1.54, 1.807) is 12.1 Å². The van der Waals surface area contributed by atoms with E-state index in [0.29, 0.717) is 16.9 Å². The Kier molecular flexibility index (Phi) is 2.52. The number of hydrogen-bond donors (Lipinski definition) is 0. The molecule has 0 saturated heterocycles. The zero-order valence-electron chi connectivity index (χ0n) is 9.24. The Morgan fingerprint density at radius 1 is 1.44 bits per heavy atom. The van der Waals surface area contributed by atoms with E-state index >= 15 is 0 Å². The number of carbonyl (C=O) groups is 1. The first kappa shape index (κ1) is 10.5. The van der Waals surface area contributed by atoms with E-state index in [9.17, 15) is 4.79 Å². The van der Waals surface area contributed by atoms with Crippen molar-refractivity contribution in [1.82, 2.24) is 0 Å². The van der Waals surface area contributed by atoms with Crippen LogP contribution in [0.5, 0.6) is 0 Å². The second-order valence-electron chi connectivity index (χ2n) is 3.58. The molecule has 1 heterocycles. The molecule has 82 valence electrons. The van der Waals surface area contributed by atoms with Crippen molar-refractivity contribution in [3.05, 3.63) is 41.7 Å². The van der Waals surface area contributed by atoms with Crippen LogP contribution in [0.3, 0.4) is 0 Å². The molecule has 0 spiro atoms. The van der Waals surface area contributed by atoms with Crippen LogP contribution >= 0.6 is 0 Å². The molecule has 3 nitrogen and oxygen atoms in total. The standard InChI is InChI=1S/C13H12O3/c1-4-10-7-9-5-8(2)6-11(12(9)16-10)13(14)15-3/h4-7H,1H2,2-3H3. The van der Waals surface area contributed by atoms with Gasteiger partial charge >= 0.3 is 5.97 Å². The lowest BCUT2D eigenvalue weighted by atomic mass is 10.1. The number of methoxy groups -OCH3 is 1. The molecule has 0 unspecified atom stereocenters. The molecule has 0 aliphatic rings. The van der Waals surface area contributed by atoms with Crippen LogP contribution in [0.4, 0.5) is 0 Å². The Morgan fingerprint density at radius 2 is 2.19 bits per heavy atom. The quantitative estimate of drug-likeness (QED) is 0.724. The molecule has 1 aromatic heterocycles. The molecule has 0 aliphatic heterocycles. The molecule has 2 rings (SSSR count). The van der Waals surface area contributed by atoms with Gasteiger partial charge in [-0.05, 0) is 36.8 Å². The van der Waals surface area contributed by atoms with Gasteiger partial charge in [0, 0.05) is 5.39 Å². The Hall–Kier alpha value is -2.03. The normalized spacial score (nSPS) is 10.4. The van der Waals surface area contributed by atoms with Gasteiger partial charge < -0.3 is 9.15 Å². The van der Waals surface area contributed by atoms with Gasteiger partial charge in [-0.25, -0.2) is 4.79 Å². The maximum Gasteiger partial charge on any atom is 0.341 e. The maximum absolute atomic E-state index is 11.6. The Bertz CT molecular complexity index is 564. The fourth-order valence-corrected chi connectivity index (χ4v) is 1.69. The van der Waals surface area contributed by atoms with E-state index in [0.717, 1.165) is 10.9 Å². The highest BCUT2D eigenvalue weighted by Crippen LogP contribution is 2.26. The highest BCUT2D eigenvalue weighted by atomic mass is 16.5. The summed E-state index contributed by atoms with van der Waals surface area (Å²) in [6.07, 6.45) is 1.61. The van der Waals surface area contributed by atoms with Gasteiger partial charge in [0.15, 0.2) is 0 Å². The van der Waals surface area contributed by atoms with Crippen LogP contribution in [0.15, 0.2) is 29.2 Å². The molecule has 0 bridgehead atoms. The fourth-order valence-electron chi connectivity index (χ4n) is 1.69. The number of hydrogen-bond acceptors (Lipinski definition) is 3. The van der Waals surface area contributed by atoms with E-state index in [1.807, 2.05) is 19.1 Å². The molecule has 0 aliphatic carbocycles. The van der Waals surface area contributed by atoms with Crippen LogP contribution in [0, 0.1) is 6.92 Å². The average Bonchev–Trinajstić information content (AvgIpc) is 2.69. The van der Waals surface area contributed by atoms with E-state index < -0.39 is 5.97 Å². The first-order chi connectivity index (χ1) is 7.65. The summed E-state index contributed by atoms with van der Waals surface area (Å²) in [5, 5.41) is 0.885. The van der Waals surface area contributed by atoms with Crippen LogP contribution in [0.1, 0.15) is 21.7 Å². The van der Waals surface area contributed by atoms with Crippen LogP contribution in [0.25, 0.3) is 17.0 Å². The SMILES string of the molecule is C=Cc1cc2cc(C)cc(C(=O)OC)c2o1. The summed E-state index contributed by atoms with van der Waals surface area (Å²) < 4.78 is 10.2. The second kappa shape index (κ2) is 3.85. The van der Waals surface area contributed by atoms with Crippen molar-refractivity contribution in [3.63, 3.8) is 0 Å². The molecule has 3 heteroatoms. The summed E-state index contributed by atoms with van der Waals surface area (Å²) >= 11 is 0. The maximum atomic E-state index is 11.6. The number of rotatable bonds is 2. The number of esters is 1. The van der Waals surface area contributed by atoms with Gasteiger partial charge in [-0.1, -0.05) is 6.58 Å². The molecule has 2 aromatic rings. The molecular formula is C13H12O3. The molecule has 0 amide bonds. The molecule has 0 fully saturated rings. The van der Waals surface area contributed by atoms with Crippen molar-refractivity contribution in [1.29, 1.82) is 0 Å². The van der Waals surface area contributed by atoms with E-state index in [1.165, 1.54) is 7.11 Å². The number of furan rings is 1. The second-order valence-corrected chi connectivity index (χ2v) is 3.58. The lowest BCUT2D eigenvalue weighted by molar-refractivity contribution is 0.0601. The lowest BCUT2D eigenvalue weighted by Crippen LogP contribution is -2.01. The van der Waals surface area contributed by atoms with Crippen LogP contribution in [0.2, 0.25) is 0 Å². The van der Waals surface area contributed by atoms with Gasteiger partial charge in [0.1, 0.15) is 16.9 Å². The van der Waals surface area contributed by atoms with E-state index in [2.05, 4.69) is 6.58 Å². The molecule has 16 heavy (non-hydrogen) atoms. The van der Waals surface area contributed by atoms with Crippen molar-refractivity contribution >= 4 is 23.0 Å². The van der Waals surface area contributed by atoms with Gasteiger partial charge in [-0.15, -0.1) is 0 Å². The van der Waals surface area contributed by atoms with Gasteiger partial charge in [-0.2, -0.15) is 0 Å². The van der Waals surface area contributed by atoms with E-state index in [4.69, 9.17) is 9.15 Å². The Labute approximate surface area is 93.3 Å². The Morgan fingerprint density at radius 3 is 2.81 bits per heavy atom. The van der Waals surface area contributed by atoms with Crippen LogP contribution < -0.4 is 0 Å². The first-order valence-corrected chi connectivity index (χ1v) is 4.90. The topological polar surface area (TPSA) is 39.4 Å². The molecule has 0 N–H and O–H groups in total. The molecule has 0 radical (unpaired) electrons. The minimum Gasteiger partial charge on any atom is -0.465 e. The number of aryl methyl sites for hydroxylation is 1. The minimum absolute atomic E-state index is 0.390. The number of carbonyl (C=O) groups excluding carboxylic acids is 1. The zero-order chi connectivity index (χ0) is 11.7. The molecule has 0 atom stereocenters. The minimum atomic E-state index is -0.390. The summed E-state index contributed by atoms with van der Waals surface area (Å²) in [6, 6.07) is 5.56. The summed E-state index contributed by atoms with van der Waals surface area (Å²) in [5.74, 6) is 0.254. The molecule has 1 aromatic carbocycles. The predicted octanol–water partition coefficient (Wildman–Crippen LogP) is 3.17. The highest BCUT2D eigenvalue weighted by molar-refractivity contribution is 6.02. The Balaban J connectivity index is 2.75. The number of ether oxygens (including phenoxy) is 1. The summed E-state index contributed by atoms with van der Waals surface area (Å²) in [7, 11) is 1.36. The summed E-state index contributed by atoms with van der Waals surface area (Å²) in [6.45, 7) is 5.56. The third kappa shape index (κ3) is 1.60. The summed E-state index contributed by atoms with van der Waals surface area (Å²) in [4.78, 5) is 11.6. The van der Waals surface area contributed by atoms with E-state index in [-0.39, 0.29) is 0 Å². The third-order valence-electron chi connectivity index (χ3n) is 2.39. The first-order valence-electron chi connectivity index (χ1n) is 4.90.